The van der Waals surface area contributed by atoms with Gasteiger partial charge in [0.1, 0.15) is 11.5 Å². The molecule has 108 valence electrons. The topological polar surface area (TPSA) is 62.5 Å². The lowest BCUT2D eigenvalue weighted by Crippen LogP contribution is -2.22. The molecule has 0 aromatic carbocycles. The summed E-state index contributed by atoms with van der Waals surface area (Å²) in [5.41, 5.74) is 0. The minimum atomic E-state index is -0.807. The van der Waals surface area contributed by atoms with Gasteiger partial charge in [0.2, 0.25) is 0 Å². The lowest BCUT2D eigenvalue weighted by Gasteiger charge is -2.14. The van der Waals surface area contributed by atoms with Gasteiger partial charge in [0.15, 0.2) is 0 Å². The molecule has 0 aliphatic carbocycles. The van der Waals surface area contributed by atoms with Gasteiger partial charge in [-0.2, -0.15) is 11.8 Å². The molecule has 2 aromatic heterocycles. The van der Waals surface area contributed by atoms with E-state index in [2.05, 4.69) is 5.32 Å². The lowest BCUT2D eigenvalue weighted by atomic mass is 10.1. The fraction of sp³-hybridized carbons (Fsp3) is 0.357. The zero-order valence-electron chi connectivity index (χ0n) is 11.2. The highest BCUT2D eigenvalue weighted by molar-refractivity contribution is 7.97. The van der Waals surface area contributed by atoms with Crippen LogP contribution >= 0.6 is 23.1 Å². The van der Waals surface area contributed by atoms with Crippen LogP contribution in [-0.4, -0.2) is 17.3 Å². The Morgan fingerprint density at radius 1 is 1.45 bits per heavy atom. The maximum atomic E-state index is 10.9. The summed E-state index contributed by atoms with van der Waals surface area (Å²) >= 11 is 3.27. The number of rotatable bonds is 8. The second-order valence-corrected chi connectivity index (χ2v) is 6.19. The molecular formula is C14H17NO3S2. The van der Waals surface area contributed by atoms with E-state index in [-0.39, 0.29) is 12.5 Å². The summed E-state index contributed by atoms with van der Waals surface area (Å²) in [6.45, 7) is 0.532. The molecule has 0 fully saturated rings. The summed E-state index contributed by atoms with van der Waals surface area (Å²) in [5.74, 6) is 1.82. The molecule has 2 rings (SSSR count). The molecule has 0 saturated carbocycles. The normalized spacial score (nSPS) is 12.4. The van der Waals surface area contributed by atoms with E-state index in [1.54, 1.807) is 23.1 Å². The largest absolute Gasteiger partial charge is 0.481 e. The summed E-state index contributed by atoms with van der Waals surface area (Å²) in [6, 6.07) is 7.60. The van der Waals surface area contributed by atoms with Crippen LogP contribution in [0.2, 0.25) is 0 Å². The van der Waals surface area contributed by atoms with Gasteiger partial charge in [-0.1, -0.05) is 6.07 Å². The van der Waals surface area contributed by atoms with Gasteiger partial charge in [-0.3, -0.25) is 4.79 Å². The van der Waals surface area contributed by atoms with Crippen LogP contribution in [0.3, 0.4) is 0 Å². The van der Waals surface area contributed by atoms with Crippen molar-refractivity contribution in [1.82, 2.24) is 5.32 Å². The number of carboxylic acids is 1. The lowest BCUT2D eigenvalue weighted by molar-refractivity contribution is -0.137. The molecular weight excluding hydrogens is 294 g/mol. The van der Waals surface area contributed by atoms with Crippen molar-refractivity contribution in [2.24, 2.45) is 0 Å². The highest BCUT2D eigenvalue weighted by atomic mass is 32.2. The third-order valence-corrected chi connectivity index (χ3v) is 4.35. The Kier molecular flexibility index (Phi) is 5.70. The number of aliphatic carboxylic acids is 1. The third-order valence-electron chi connectivity index (χ3n) is 2.79. The van der Waals surface area contributed by atoms with Crippen LogP contribution in [0.15, 0.2) is 34.1 Å². The van der Waals surface area contributed by atoms with Crippen LogP contribution in [0.1, 0.15) is 28.9 Å². The van der Waals surface area contributed by atoms with Crippen LogP contribution < -0.4 is 5.32 Å². The Hall–Kier alpha value is -1.24. The summed E-state index contributed by atoms with van der Waals surface area (Å²) < 4.78 is 5.67. The van der Waals surface area contributed by atoms with E-state index in [0.717, 1.165) is 22.2 Å². The molecule has 0 saturated heterocycles. The molecule has 6 heteroatoms. The SMILES string of the molecule is CSCc1ccc(CNC(CC(=O)O)c2cccs2)o1. The van der Waals surface area contributed by atoms with E-state index in [4.69, 9.17) is 9.52 Å². The van der Waals surface area contributed by atoms with Crippen LogP contribution in [-0.2, 0) is 17.1 Å². The van der Waals surface area contributed by atoms with E-state index >= 15 is 0 Å². The van der Waals surface area contributed by atoms with E-state index in [1.165, 1.54) is 0 Å². The first-order valence-electron chi connectivity index (χ1n) is 6.24. The standard InChI is InChI=1S/C14H17NO3S2/c1-19-9-11-5-4-10(18-11)8-15-12(7-14(16)17)13-3-2-6-20-13/h2-6,12,15H,7-9H2,1H3,(H,16,17). The quantitative estimate of drug-likeness (QED) is 0.781. The molecule has 0 spiro atoms. The van der Waals surface area contributed by atoms with Crippen molar-refractivity contribution in [3.63, 3.8) is 0 Å². The Morgan fingerprint density at radius 3 is 2.90 bits per heavy atom. The van der Waals surface area contributed by atoms with Gasteiger partial charge in [0, 0.05) is 4.88 Å². The van der Waals surface area contributed by atoms with Crippen molar-refractivity contribution >= 4 is 29.1 Å². The first-order chi connectivity index (χ1) is 9.69. The molecule has 2 aromatic rings. The minimum Gasteiger partial charge on any atom is -0.481 e. The minimum absolute atomic E-state index is 0.0683. The Balaban J connectivity index is 1.95. The van der Waals surface area contributed by atoms with Gasteiger partial charge < -0.3 is 14.8 Å². The zero-order chi connectivity index (χ0) is 14.4. The van der Waals surface area contributed by atoms with Crippen molar-refractivity contribution < 1.29 is 14.3 Å². The Morgan fingerprint density at radius 2 is 2.25 bits per heavy atom. The average molecular weight is 311 g/mol. The number of nitrogens with one attached hydrogen (secondary N) is 1. The molecule has 0 amide bonds. The smallest absolute Gasteiger partial charge is 0.305 e. The maximum absolute atomic E-state index is 10.9. The van der Waals surface area contributed by atoms with Gasteiger partial charge in [0.05, 0.1) is 24.8 Å². The van der Waals surface area contributed by atoms with E-state index in [1.807, 2.05) is 35.9 Å². The second-order valence-electron chi connectivity index (χ2n) is 4.35. The number of hydrogen-bond acceptors (Lipinski definition) is 5. The van der Waals surface area contributed by atoms with Crippen molar-refractivity contribution in [3.8, 4) is 0 Å². The highest BCUT2D eigenvalue weighted by Gasteiger charge is 2.16. The molecule has 0 bridgehead atoms. The van der Waals surface area contributed by atoms with Crippen molar-refractivity contribution in [3.05, 3.63) is 46.0 Å². The van der Waals surface area contributed by atoms with Crippen LogP contribution in [0.4, 0.5) is 0 Å². The zero-order valence-corrected chi connectivity index (χ0v) is 12.8. The van der Waals surface area contributed by atoms with Gasteiger partial charge >= 0.3 is 5.97 Å². The highest BCUT2D eigenvalue weighted by Crippen LogP contribution is 2.23. The number of thiophene rings is 1. The molecule has 1 atom stereocenters. The molecule has 2 N–H and O–H groups in total. The number of hydrogen-bond donors (Lipinski definition) is 2. The van der Waals surface area contributed by atoms with E-state index in [0.29, 0.717) is 6.54 Å². The average Bonchev–Trinajstić information content (AvgIpc) is 3.06. The number of furan rings is 1. The molecule has 0 radical (unpaired) electrons. The predicted molar refractivity (Wildman–Crippen MR) is 82.1 cm³/mol. The molecule has 0 aliphatic rings. The van der Waals surface area contributed by atoms with Crippen molar-refractivity contribution in [2.45, 2.75) is 24.8 Å². The molecule has 2 heterocycles. The van der Waals surface area contributed by atoms with Gasteiger partial charge in [-0.05, 0) is 29.8 Å². The van der Waals surface area contributed by atoms with E-state index < -0.39 is 5.97 Å². The molecule has 0 aliphatic heterocycles. The summed E-state index contributed by atoms with van der Waals surface area (Å²) in [5, 5.41) is 14.2. The molecule has 4 nitrogen and oxygen atoms in total. The van der Waals surface area contributed by atoms with Crippen LogP contribution in [0, 0.1) is 0 Å². The first-order valence-corrected chi connectivity index (χ1v) is 8.51. The van der Waals surface area contributed by atoms with Gasteiger partial charge in [-0.25, -0.2) is 0 Å². The van der Waals surface area contributed by atoms with Gasteiger partial charge in [0.25, 0.3) is 0 Å². The van der Waals surface area contributed by atoms with Crippen LogP contribution in [0.25, 0.3) is 0 Å². The molecule has 1 unspecified atom stereocenters. The maximum Gasteiger partial charge on any atom is 0.305 e. The number of thioether (sulfide) groups is 1. The van der Waals surface area contributed by atoms with Crippen LogP contribution in [0.5, 0.6) is 0 Å². The fourth-order valence-corrected chi connectivity index (χ4v) is 3.14. The van der Waals surface area contributed by atoms with Gasteiger partial charge in [-0.15, -0.1) is 11.3 Å². The third kappa shape index (κ3) is 4.40. The predicted octanol–water partition coefficient (Wildman–Crippen LogP) is 3.51. The molecule has 20 heavy (non-hydrogen) atoms. The number of carboxylic acid groups (broad SMARTS) is 1. The second kappa shape index (κ2) is 7.52. The number of carbonyl (C=O) groups is 1. The summed E-state index contributed by atoms with van der Waals surface area (Å²) in [6.07, 6.45) is 2.10. The Bertz CT molecular complexity index is 536. The summed E-state index contributed by atoms with van der Waals surface area (Å²) in [7, 11) is 0. The van der Waals surface area contributed by atoms with Crippen molar-refractivity contribution in [2.75, 3.05) is 6.26 Å². The first kappa shape index (κ1) is 15.2. The Labute approximate surface area is 126 Å². The fourth-order valence-electron chi connectivity index (χ4n) is 1.90. The summed E-state index contributed by atoms with van der Waals surface area (Å²) in [4.78, 5) is 12.0. The van der Waals surface area contributed by atoms with Crippen molar-refractivity contribution in [1.29, 1.82) is 0 Å². The van der Waals surface area contributed by atoms with E-state index in [9.17, 15) is 4.79 Å². The monoisotopic (exact) mass is 311 g/mol.